The first-order chi connectivity index (χ1) is 12.3. The van der Waals surface area contributed by atoms with Crippen LogP contribution in [0, 0.1) is 0 Å². The van der Waals surface area contributed by atoms with Gasteiger partial charge in [0, 0.05) is 37.3 Å². The lowest BCUT2D eigenvalue weighted by Crippen LogP contribution is -2.44. The van der Waals surface area contributed by atoms with E-state index in [1.165, 1.54) is 49.3 Å². The Morgan fingerprint density at radius 3 is 2.60 bits per heavy atom. The summed E-state index contributed by atoms with van der Waals surface area (Å²) in [7, 11) is 1.75. The number of anilines is 1. The lowest BCUT2D eigenvalue weighted by atomic mass is 9.93. The molecule has 2 aromatic carbocycles. The molecule has 0 amide bonds. The van der Waals surface area contributed by atoms with Crippen molar-refractivity contribution in [2.24, 2.45) is 0 Å². The molecule has 0 aliphatic carbocycles. The molecule has 0 saturated carbocycles. The maximum absolute atomic E-state index is 5.45. The lowest BCUT2D eigenvalue weighted by Gasteiger charge is -2.38. The molecule has 1 atom stereocenters. The third-order valence-electron chi connectivity index (χ3n) is 5.94. The number of fused-ring (bicyclic) bond motifs is 1. The van der Waals surface area contributed by atoms with Crippen LogP contribution in [0.5, 0.6) is 5.75 Å². The average molecular weight is 336 g/mol. The summed E-state index contributed by atoms with van der Waals surface area (Å²) >= 11 is 0. The summed E-state index contributed by atoms with van der Waals surface area (Å²) < 4.78 is 5.45. The number of para-hydroxylation sites is 1. The molecule has 132 valence electrons. The number of nitrogens with zero attached hydrogens (tertiary/aromatic N) is 2. The molecule has 0 N–H and O–H groups in total. The van der Waals surface area contributed by atoms with Crippen molar-refractivity contribution in [2.45, 2.75) is 31.7 Å². The molecule has 2 aliphatic rings. The van der Waals surface area contributed by atoms with Gasteiger partial charge in [-0.1, -0.05) is 37.3 Å². The molecule has 0 radical (unpaired) electrons. The molecule has 1 unspecified atom stereocenters. The third-order valence-corrected chi connectivity index (χ3v) is 5.94. The number of benzene rings is 2. The summed E-state index contributed by atoms with van der Waals surface area (Å²) in [5.41, 5.74) is 4.26. The summed E-state index contributed by atoms with van der Waals surface area (Å²) in [5, 5.41) is 0. The molecule has 2 aromatic rings. The fraction of sp³-hybridized carbons (Fsp3) is 0.455. The highest BCUT2D eigenvalue weighted by molar-refractivity contribution is 5.63. The second-order valence-electron chi connectivity index (χ2n) is 7.21. The van der Waals surface area contributed by atoms with E-state index in [0.29, 0.717) is 12.0 Å². The van der Waals surface area contributed by atoms with Crippen molar-refractivity contribution >= 4 is 5.69 Å². The Morgan fingerprint density at radius 2 is 1.84 bits per heavy atom. The second kappa shape index (κ2) is 7.09. The SMILES string of the molecule is CCN1CCC(N2CC(c3cccc(OC)c3)c3ccccc32)CC1. The minimum Gasteiger partial charge on any atom is -0.497 e. The Labute approximate surface area is 151 Å². The van der Waals surface area contributed by atoms with Crippen molar-refractivity contribution in [3.05, 3.63) is 59.7 Å². The van der Waals surface area contributed by atoms with Gasteiger partial charge in [0.1, 0.15) is 5.75 Å². The van der Waals surface area contributed by atoms with E-state index in [0.717, 1.165) is 12.3 Å². The fourth-order valence-corrected chi connectivity index (χ4v) is 4.47. The van der Waals surface area contributed by atoms with Gasteiger partial charge in [-0.15, -0.1) is 0 Å². The first-order valence-electron chi connectivity index (χ1n) is 9.52. The Kier molecular flexibility index (Phi) is 4.67. The van der Waals surface area contributed by atoms with Crippen LogP contribution in [-0.2, 0) is 0 Å². The van der Waals surface area contributed by atoms with Crippen molar-refractivity contribution in [1.82, 2.24) is 4.90 Å². The number of likely N-dealkylation sites (tertiary alicyclic amines) is 1. The van der Waals surface area contributed by atoms with E-state index in [4.69, 9.17) is 4.74 Å². The van der Waals surface area contributed by atoms with Crippen molar-refractivity contribution in [3.8, 4) is 5.75 Å². The first-order valence-corrected chi connectivity index (χ1v) is 9.52. The van der Waals surface area contributed by atoms with Gasteiger partial charge in [0.15, 0.2) is 0 Å². The van der Waals surface area contributed by atoms with Gasteiger partial charge in [-0.25, -0.2) is 0 Å². The third kappa shape index (κ3) is 3.13. The largest absolute Gasteiger partial charge is 0.497 e. The van der Waals surface area contributed by atoms with E-state index in [1.807, 2.05) is 6.07 Å². The molecule has 1 fully saturated rings. The molecule has 2 heterocycles. The van der Waals surface area contributed by atoms with Crippen molar-refractivity contribution in [2.75, 3.05) is 38.2 Å². The average Bonchev–Trinajstić information content (AvgIpc) is 3.08. The van der Waals surface area contributed by atoms with Crippen LogP contribution in [0.3, 0.4) is 0 Å². The zero-order chi connectivity index (χ0) is 17.2. The van der Waals surface area contributed by atoms with E-state index in [-0.39, 0.29) is 0 Å². The van der Waals surface area contributed by atoms with Crippen molar-refractivity contribution in [3.63, 3.8) is 0 Å². The summed E-state index contributed by atoms with van der Waals surface area (Å²) in [5.74, 6) is 1.39. The predicted molar refractivity (Wildman–Crippen MR) is 104 cm³/mol. The van der Waals surface area contributed by atoms with Crippen LogP contribution in [0.2, 0.25) is 0 Å². The highest BCUT2D eigenvalue weighted by Gasteiger charge is 2.34. The van der Waals surface area contributed by atoms with Crippen LogP contribution in [0.4, 0.5) is 5.69 Å². The Hall–Kier alpha value is -2.00. The van der Waals surface area contributed by atoms with E-state index in [1.54, 1.807) is 7.11 Å². The number of hydrogen-bond donors (Lipinski definition) is 0. The summed E-state index contributed by atoms with van der Waals surface area (Å²) in [4.78, 5) is 5.24. The molecule has 3 heteroatoms. The van der Waals surface area contributed by atoms with Gasteiger partial charge in [-0.2, -0.15) is 0 Å². The number of methoxy groups -OCH3 is 1. The molecule has 0 bridgehead atoms. The molecule has 25 heavy (non-hydrogen) atoms. The first kappa shape index (κ1) is 16.5. The van der Waals surface area contributed by atoms with Crippen LogP contribution < -0.4 is 9.64 Å². The van der Waals surface area contributed by atoms with Crippen LogP contribution in [0.15, 0.2) is 48.5 Å². The monoisotopic (exact) mass is 336 g/mol. The van der Waals surface area contributed by atoms with Crippen LogP contribution in [0.25, 0.3) is 0 Å². The van der Waals surface area contributed by atoms with Gasteiger partial charge in [-0.3, -0.25) is 0 Å². The lowest BCUT2D eigenvalue weighted by molar-refractivity contribution is 0.219. The highest BCUT2D eigenvalue weighted by Crippen LogP contribution is 2.42. The molecule has 0 spiro atoms. The zero-order valence-corrected chi connectivity index (χ0v) is 15.3. The minimum absolute atomic E-state index is 0.440. The van der Waals surface area contributed by atoms with E-state index in [9.17, 15) is 0 Å². The second-order valence-corrected chi connectivity index (χ2v) is 7.21. The molecule has 2 aliphatic heterocycles. The summed E-state index contributed by atoms with van der Waals surface area (Å²) in [6, 6.07) is 18.2. The Bertz CT molecular complexity index is 721. The minimum atomic E-state index is 0.440. The summed E-state index contributed by atoms with van der Waals surface area (Å²) in [6.07, 6.45) is 2.54. The standard InChI is InChI=1S/C22H28N2O/c1-3-23-13-11-18(12-14-23)24-16-21(20-9-4-5-10-22(20)24)17-7-6-8-19(15-17)25-2/h4-10,15,18,21H,3,11-14,16H2,1-2H3. The highest BCUT2D eigenvalue weighted by atomic mass is 16.5. The predicted octanol–water partition coefficient (Wildman–Crippen LogP) is 4.13. The molecule has 1 saturated heterocycles. The Balaban J connectivity index is 1.61. The number of rotatable bonds is 4. The summed E-state index contributed by atoms with van der Waals surface area (Å²) in [6.45, 7) is 6.98. The van der Waals surface area contributed by atoms with Crippen molar-refractivity contribution < 1.29 is 4.74 Å². The van der Waals surface area contributed by atoms with Crippen LogP contribution in [-0.4, -0.2) is 44.2 Å². The van der Waals surface area contributed by atoms with Crippen molar-refractivity contribution in [1.29, 1.82) is 0 Å². The van der Waals surface area contributed by atoms with Gasteiger partial charge in [0.2, 0.25) is 0 Å². The Morgan fingerprint density at radius 1 is 1.04 bits per heavy atom. The quantitative estimate of drug-likeness (QED) is 0.835. The van der Waals surface area contributed by atoms with Gasteiger partial charge in [0.05, 0.1) is 7.11 Å². The number of ether oxygens (including phenoxy) is 1. The van der Waals surface area contributed by atoms with Gasteiger partial charge in [0.25, 0.3) is 0 Å². The van der Waals surface area contributed by atoms with E-state index < -0.39 is 0 Å². The molecule has 3 nitrogen and oxygen atoms in total. The molecular weight excluding hydrogens is 308 g/mol. The van der Waals surface area contributed by atoms with Crippen LogP contribution in [0.1, 0.15) is 36.8 Å². The fourth-order valence-electron chi connectivity index (χ4n) is 4.47. The van der Waals surface area contributed by atoms with Gasteiger partial charge < -0.3 is 14.5 Å². The zero-order valence-electron chi connectivity index (χ0n) is 15.3. The van der Waals surface area contributed by atoms with Gasteiger partial charge >= 0.3 is 0 Å². The smallest absolute Gasteiger partial charge is 0.119 e. The van der Waals surface area contributed by atoms with Crippen LogP contribution >= 0.6 is 0 Å². The van der Waals surface area contributed by atoms with E-state index in [2.05, 4.69) is 59.2 Å². The normalized spacial score (nSPS) is 21.4. The molecular formula is C22H28N2O. The van der Waals surface area contributed by atoms with Gasteiger partial charge in [-0.05, 0) is 48.7 Å². The number of hydrogen-bond acceptors (Lipinski definition) is 3. The maximum atomic E-state index is 5.45. The molecule has 4 rings (SSSR count). The topological polar surface area (TPSA) is 15.7 Å². The molecule has 0 aromatic heterocycles. The number of piperidine rings is 1. The van der Waals surface area contributed by atoms with E-state index >= 15 is 0 Å². The maximum Gasteiger partial charge on any atom is 0.119 e.